The number of hydrogen-bond donors (Lipinski definition) is 0. The number of methoxy groups -OCH3 is 1. The van der Waals surface area contributed by atoms with Gasteiger partial charge in [0.15, 0.2) is 4.34 Å². The number of aryl methyl sites for hydroxylation is 1. The summed E-state index contributed by atoms with van der Waals surface area (Å²) in [6, 6.07) is 0. The zero-order chi connectivity index (χ0) is 12.8. The van der Waals surface area contributed by atoms with E-state index in [1.807, 2.05) is 0 Å². The Hall–Kier alpha value is -0.950. The molecule has 0 atom stereocenters. The van der Waals surface area contributed by atoms with Crippen LogP contribution in [0.3, 0.4) is 0 Å². The van der Waals surface area contributed by atoms with Crippen molar-refractivity contribution < 1.29 is 18.3 Å². The molecule has 0 aliphatic rings. The molecular formula is C10H11F2NO2S2. The number of allylic oxidation sites excluding steroid dienone is 1. The summed E-state index contributed by atoms with van der Waals surface area (Å²) >= 11 is 2.57. The van der Waals surface area contributed by atoms with Gasteiger partial charge in [-0.15, -0.1) is 11.3 Å². The van der Waals surface area contributed by atoms with Crippen LogP contribution in [-0.2, 0) is 4.74 Å². The fraction of sp³-hybridized carbons (Fsp3) is 0.400. The number of halogens is 2. The molecule has 0 radical (unpaired) electrons. The predicted octanol–water partition coefficient (Wildman–Crippen LogP) is 3.50. The Kier molecular flexibility index (Phi) is 5.57. The molecule has 3 nitrogen and oxygen atoms in total. The second-order valence-corrected chi connectivity index (χ2v) is 5.36. The quantitative estimate of drug-likeness (QED) is 0.470. The molecule has 1 heterocycles. The Morgan fingerprint density at radius 1 is 1.59 bits per heavy atom. The molecule has 0 aliphatic carbocycles. The third kappa shape index (κ3) is 4.43. The SMILES string of the molecule is COC(=O)c1sc(SCCC=C(F)F)nc1C. The highest BCUT2D eigenvalue weighted by atomic mass is 32.2. The summed E-state index contributed by atoms with van der Waals surface area (Å²) in [5.41, 5.74) is 0.608. The van der Waals surface area contributed by atoms with Crippen LogP contribution in [0.4, 0.5) is 8.78 Å². The van der Waals surface area contributed by atoms with Crippen LogP contribution in [0.25, 0.3) is 0 Å². The molecule has 0 bridgehead atoms. The molecule has 17 heavy (non-hydrogen) atoms. The van der Waals surface area contributed by atoms with Crippen molar-refractivity contribution in [2.75, 3.05) is 12.9 Å². The summed E-state index contributed by atoms with van der Waals surface area (Å²) in [6.45, 7) is 1.72. The van der Waals surface area contributed by atoms with E-state index in [9.17, 15) is 13.6 Å². The molecule has 94 valence electrons. The zero-order valence-electron chi connectivity index (χ0n) is 9.33. The van der Waals surface area contributed by atoms with Crippen molar-refractivity contribution in [3.63, 3.8) is 0 Å². The van der Waals surface area contributed by atoms with E-state index in [2.05, 4.69) is 9.72 Å². The van der Waals surface area contributed by atoms with Crippen molar-refractivity contribution in [2.45, 2.75) is 17.7 Å². The average molecular weight is 279 g/mol. The van der Waals surface area contributed by atoms with Gasteiger partial charge in [0.1, 0.15) is 4.88 Å². The maximum atomic E-state index is 11.8. The Morgan fingerprint density at radius 3 is 2.88 bits per heavy atom. The summed E-state index contributed by atoms with van der Waals surface area (Å²) in [6.07, 6.45) is -0.524. The summed E-state index contributed by atoms with van der Waals surface area (Å²) in [4.78, 5) is 15.9. The van der Waals surface area contributed by atoms with Gasteiger partial charge in [-0.25, -0.2) is 9.78 Å². The van der Waals surface area contributed by atoms with Gasteiger partial charge >= 0.3 is 5.97 Å². The van der Waals surface area contributed by atoms with Gasteiger partial charge in [-0.1, -0.05) is 11.8 Å². The van der Waals surface area contributed by atoms with E-state index in [-0.39, 0.29) is 6.42 Å². The lowest BCUT2D eigenvalue weighted by molar-refractivity contribution is 0.0605. The molecule has 0 N–H and O–H groups in total. The van der Waals surface area contributed by atoms with Crippen LogP contribution < -0.4 is 0 Å². The highest BCUT2D eigenvalue weighted by Gasteiger charge is 2.15. The molecule has 0 aliphatic heterocycles. The Morgan fingerprint density at radius 2 is 2.29 bits per heavy atom. The van der Waals surface area contributed by atoms with Crippen molar-refractivity contribution in [3.05, 3.63) is 22.7 Å². The molecule has 1 aromatic heterocycles. The molecule has 0 aromatic carbocycles. The van der Waals surface area contributed by atoms with Crippen molar-refractivity contribution >= 4 is 29.1 Å². The van der Waals surface area contributed by atoms with E-state index in [0.29, 0.717) is 20.7 Å². The van der Waals surface area contributed by atoms with Gasteiger partial charge in [0.25, 0.3) is 6.08 Å². The van der Waals surface area contributed by atoms with Gasteiger partial charge < -0.3 is 4.74 Å². The van der Waals surface area contributed by atoms with Gasteiger partial charge in [0.2, 0.25) is 0 Å². The number of esters is 1. The number of rotatable bonds is 5. The van der Waals surface area contributed by atoms with Crippen molar-refractivity contribution in [1.82, 2.24) is 4.98 Å². The summed E-state index contributed by atoms with van der Waals surface area (Å²) in [5.74, 6) is 0.0896. The third-order valence-electron chi connectivity index (χ3n) is 1.79. The smallest absolute Gasteiger partial charge is 0.350 e. The van der Waals surface area contributed by atoms with Crippen LogP contribution >= 0.6 is 23.1 Å². The second kappa shape index (κ2) is 6.70. The number of aromatic nitrogens is 1. The lowest BCUT2D eigenvalue weighted by Crippen LogP contribution is -1.99. The summed E-state index contributed by atoms with van der Waals surface area (Å²) in [7, 11) is 1.31. The first-order valence-corrected chi connectivity index (χ1v) is 6.54. The number of nitrogens with zero attached hydrogens (tertiary/aromatic N) is 1. The molecule has 1 rings (SSSR count). The molecule has 0 saturated carbocycles. The average Bonchev–Trinajstić information content (AvgIpc) is 2.65. The minimum atomic E-state index is -1.67. The van der Waals surface area contributed by atoms with Gasteiger partial charge in [-0.3, -0.25) is 0 Å². The largest absolute Gasteiger partial charge is 0.465 e. The molecule has 0 unspecified atom stereocenters. The van der Waals surface area contributed by atoms with Gasteiger partial charge in [-0.2, -0.15) is 8.78 Å². The monoisotopic (exact) mass is 279 g/mol. The third-order valence-corrected chi connectivity index (χ3v) is 4.10. The molecule has 0 fully saturated rings. The van der Waals surface area contributed by atoms with Gasteiger partial charge in [-0.05, 0) is 19.4 Å². The van der Waals surface area contributed by atoms with E-state index in [1.165, 1.54) is 30.2 Å². The lowest BCUT2D eigenvalue weighted by Gasteiger charge is -1.93. The lowest BCUT2D eigenvalue weighted by atomic mass is 10.4. The molecule has 7 heteroatoms. The molecule has 0 saturated heterocycles. The minimum absolute atomic E-state index is 0.277. The maximum Gasteiger partial charge on any atom is 0.350 e. The number of carbonyl (C=O) groups is 1. The number of thiazole rings is 1. The maximum absolute atomic E-state index is 11.8. The molecule has 0 spiro atoms. The second-order valence-electron chi connectivity index (χ2n) is 3.02. The van der Waals surface area contributed by atoms with Crippen molar-refractivity contribution in [1.29, 1.82) is 0 Å². The summed E-state index contributed by atoms with van der Waals surface area (Å²) in [5, 5.41) is 0. The van der Waals surface area contributed by atoms with Crippen LogP contribution in [0.1, 0.15) is 21.8 Å². The molecule has 0 amide bonds. The van der Waals surface area contributed by atoms with E-state index >= 15 is 0 Å². The summed E-state index contributed by atoms with van der Waals surface area (Å²) < 4.78 is 28.8. The minimum Gasteiger partial charge on any atom is -0.465 e. The number of thioether (sulfide) groups is 1. The Bertz CT molecular complexity index is 428. The fourth-order valence-corrected chi connectivity index (χ4v) is 3.09. The highest BCUT2D eigenvalue weighted by molar-refractivity contribution is 8.01. The molecular weight excluding hydrogens is 268 g/mol. The zero-order valence-corrected chi connectivity index (χ0v) is 11.0. The fourth-order valence-electron chi connectivity index (χ4n) is 1.03. The normalized spacial score (nSPS) is 10.1. The van der Waals surface area contributed by atoms with Crippen molar-refractivity contribution in [3.8, 4) is 0 Å². The Labute approximate surface area is 106 Å². The van der Waals surface area contributed by atoms with Crippen LogP contribution in [0.5, 0.6) is 0 Å². The van der Waals surface area contributed by atoms with E-state index in [0.717, 1.165) is 6.08 Å². The van der Waals surface area contributed by atoms with Gasteiger partial charge in [0.05, 0.1) is 12.8 Å². The van der Waals surface area contributed by atoms with E-state index in [1.54, 1.807) is 6.92 Å². The van der Waals surface area contributed by atoms with Crippen LogP contribution in [0, 0.1) is 6.92 Å². The first kappa shape index (κ1) is 14.1. The predicted molar refractivity (Wildman–Crippen MR) is 63.8 cm³/mol. The van der Waals surface area contributed by atoms with Crippen molar-refractivity contribution in [2.24, 2.45) is 0 Å². The standard InChI is InChI=1S/C10H11F2NO2S2/c1-6-8(9(14)15-2)17-10(13-6)16-5-3-4-7(11)12/h4H,3,5H2,1-2H3. The van der Waals surface area contributed by atoms with E-state index < -0.39 is 12.0 Å². The molecule has 1 aromatic rings. The first-order chi connectivity index (χ1) is 8.04. The highest BCUT2D eigenvalue weighted by Crippen LogP contribution is 2.28. The van der Waals surface area contributed by atoms with Crippen LogP contribution in [-0.4, -0.2) is 23.8 Å². The van der Waals surface area contributed by atoms with Gasteiger partial charge in [0, 0.05) is 5.75 Å². The van der Waals surface area contributed by atoms with Crippen LogP contribution in [0.15, 0.2) is 16.5 Å². The Balaban J connectivity index is 2.56. The first-order valence-electron chi connectivity index (χ1n) is 4.74. The van der Waals surface area contributed by atoms with E-state index in [4.69, 9.17) is 0 Å². The van der Waals surface area contributed by atoms with Crippen LogP contribution in [0.2, 0.25) is 0 Å². The number of carbonyl (C=O) groups excluding carboxylic acids is 1. The topological polar surface area (TPSA) is 39.2 Å². The number of hydrogen-bond acceptors (Lipinski definition) is 5. The number of ether oxygens (including phenoxy) is 1.